The molecule has 1 atom stereocenters. The molecule has 0 saturated heterocycles. The molecule has 0 amide bonds. The van der Waals surface area contributed by atoms with Gasteiger partial charge in [-0.2, -0.15) is 0 Å². The summed E-state index contributed by atoms with van der Waals surface area (Å²) in [7, 11) is 0. The zero-order chi connectivity index (χ0) is 13.2. The van der Waals surface area contributed by atoms with Crippen molar-refractivity contribution in [2.24, 2.45) is 5.92 Å². The van der Waals surface area contributed by atoms with E-state index in [2.05, 4.69) is 4.72 Å². The molecule has 0 bridgehead atoms. The summed E-state index contributed by atoms with van der Waals surface area (Å²) in [6.45, 7) is 0.431. The normalized spacial score (nSPS) is 20.8. The molecule has 0 aliphatic heterocycles. The molecule has 6 heteroatoms. The summed E-state index contributed by atoms with van der Waals surface area (Å²) in [5.41, 5.74) is 0.850. The minimum Gasteiger partial charge on any atom is -0.490 e. The highest BCUT2D eigenvalue weighted by atomic mass is 32.2. The monoisotopic (exact) mass is 277 g/mol. The van der Waals surface area contributed by atoms with Gasteiger partial charge in [-0.25, -0.2) is 13.2 Å². The third kappa shape index (κ3) is 3.32. The van der Waals surface area contributed by atoms with Crippen LogP contribution in [0.4, 0.5) is 13.2 Å². The summed E-state index contributed by atoms with van der Waals surface area (Å²) in [5.74, 6) is -3.89. The van der Waals surface area contributed by atoms with Gasteiger partial charge in [-0.05, 0) is 24.0 Å². The molecule has 0 heterocycles. The number of rotatable bonds is 6. The Morgan fingerprint density at radius 3 is 2.83 bits per heavy atom. The van der Waals surface area contributed by atoms with Crippen LogP contribution in [-0.4, -0.2) is 18.8 Å². The van der Waals surface area contributed by atoms with Crippen LogP contribution in [0.5, 0.6) is 5.75 Å². The van der Waals surface area contributed by atoms with Gasteiger partial charge in [-0.3, -0.25) is 4.72 Å². The van der Waals surface area contributed by atoms with Crippen LogP contribution in [0.2, 0.25) is 0 Å². The molecule has 1 N–H and O–H groups in total. The molecule has 100 valence electrons. The van der Waals surface area contributed by atoms with Gasteiger partial charge < -0.3 is 4.74 Å². The molecular weight excluding hydrogens is 263 g/mol. The minimum absolute atomic E-state index is 0.0399. The van der Waals surface area contributed by atoms with Crippen LogP contribution >= 0.6 is 11.9 Å². The topological polar surface area (TPSA) is 21.3 Å². The standard InChI is InChI=1S/C12H14F3NOS/c1-18-16-6-8-2-3-10(13)11(4-8)17-7-9-5-12(9,14)15/h2-4,9,16H,5-7H2,1H3. The molecule has 0 radical (unpaired) electrons. The molecule has 1 aromatic carbocycles. The van der Waals surface area contributed by atoms with Crippen molar-refractivity contribution in [3.8, 4) is 5.75 Å². The van der Waals surface area contributed by atoms with Crippen molar-refractivity contribution >= 4 is 11.9 Å². The van der Waals surface area contributed by atoms with Crippen LogP contribution in [0, 0.1) is 11.7 Å². The first-order valence-corrected chi connectivity index (χ1v) is 6.80. The van der Waals surface area contributed by atoms with Crippen LogP contribution in [0.25, 0.3) is 0 Å². The van der Waals surface area contributed by atoms with Crippen LogP contribution in [0.15, 0.2) is 18.2 Å². The lowest BCUT2D eigenvalue weighted by Gasteiger charge is -2.09. The van der Waals surface area contributed by atoms with Crippen molar-refractivity contribution in [3.05, 3.63) is 29.6 Å². The average Bonchev–Trinajstić information content (AvgIpc) is 2.94. The molecule has 1 aliphatic rings. The molecule has 0 aromatic heterocycles. The molecule has 18 heavy (non-hydrogen) atoms. The summed E-state index contributed by atoms with van der Waals surface area (Å²) in [5, 5.41) is 0. The molecule has 1 aromatic rings. The quantitative estimate of drug-likeness (QED) is 0.807. The zero-order valence-corrected chi connectivity index (χ0v) is 10.7. The van der Waals surface area contributed by atoms with Crippen molar-refractivity contribution in [1.29, 1.82) is 0 Å². The molecule has 2 nitrogen and oxygen atoms in total. The largest absolute Gasteiger partial charge is 0.490 e. The SMILES string of the molecule is CSNCc1ccc(F)c(OCC2CC2(F)F)c1. The van der Waals surface area contributed by atoms with E-state index >= 15 is 0 Å². The van der Waals surface area contributed by atoms with Gasteiger partial charge in [0.25, 0.3) is 5.92 Å². The second-order valence-electron chi connectivity index (χ2n) is 4.26. The van der Waals surface area contributed by atoms with Crippen molar-refractivity contribution in [2.45, 2.75) is 18.9 Å². The predicted molar refractivity (Wildman–Crippen MR) is 65.3 cm³/mol. The predicted octanol–water partition coefficient (Wildman–Crippen LogP) is 3.23. The van der Waals surface area contributed by atoms with Crippen LogP contribution in [0.3, 0.4) is 0 Å². The fraction of sp³-hybridized carbons (Fsp3) is 0.500. The number of hydrogen-bond donors (Lipinski definition) is 1. The van der Waals surface area contributed by atoms with Gasteiger partial charge in [-0.15, -0.1) is 0 Å². The van der Waals surface area contributed by atoms with Gasteiger partial charge in [0, 0.05) is 13.0 Å². The maximum absolute atomic E-state index is 13.4. The fourth-order valence-electron chi connectivity index (χ4n) is 1.56. The first-order valence-electron chi connectivity index (χ1n) is 5.58. The Hall–Kier alpha value is -0.880. The van der Waals surface area contributed by atoms with E-state index < -0.39 is 17.7 Å². The van der Waals surface area contributed by atoms with E-state index in [9.17, 15) is 13.2 Å². The van der Waals surface area contributed by atoms with Crippen molar-refractivity contribution in [2.75, 3.05) is 12.9 Å². The van der Waals surface area contributed by atoms with Gasteiger partial charge in [0.15, 0.2) is 11.6 Å². The first-order chi connectivity index (χ1) is 8.53. The number of alkyl halides is 2. The van der Waals surface area contributed by atoms with Gasteiger partial charge in [-0.1, -0.05) is 18.0 Å². The van der Waals surface area contributed by atoms with E-state index in [0.29, 0.717) is 6.54 Å². The highest BCUT2D eigenvalue weighted by molar-refractivity contribution is 7.96. The van der Waals surface area contributed by atoms with Crippen LogP contribution < -0.4 is 9.46 Å². The highest BCUT2D eigenvalue weighted by Gasteiger charge is 2.57. The smallest absolute Gasteiger partial charge is 0.255 e. The number of benzene rings is 1. The van der Waals surface area contributed by atoms with E-state index in [1.807, 2.05) is 6.26 Å². The summed E-state index contributed by atoms with van der Waals surface area (Å²) >= 11 is 1.45. The van der Waals surface area contributed by atoms with Crippen molar-refractivity contribution in [1.82, 2.24) is 4.72 Å². The first kappa shape index (κ1) is 13.5. The molecule has 2 rings (SSSR count). The van der Waals surface area contributed by atoms with Gasteiger partial charge in [0.1, 0.15) is 0 Å². The lowest BCUT2D eigenvalue weighted by Crippen LogP contribution is -2.08. The number of ether oxygens (including phenoxy) is 1. The van der Waals surface area contributed by atoms with E-state index in [1.165, 1.54) is 18.0 Å². The van der Waals surface area contributed by atoms with Gasteiger partial charge >= 0.3 is 0 Å². The minimum atomic E-state index is -2.63. The van der Waals surface area contributed by atoms with E-state index in [1.54, 1.807) is 12.1 Å². The molecule has 1 fully saturated rings. The Bertz CT molecular complexity index is 428. The van der Waals surface area contributed by atoms with Gasteiger partial charge in [0.05, 0.1) is 12.5 Å². The summed E-state index contributed by atoms with van der Waals surface area (Å²) in [6.07, 6.45) is 1.72. The third-order valence-electron chi connectivity index (χ3n) is 2.81. The number of hydrogen-bond acceptors (Lipinski definition) is 3. The Kier molecular flexibility index (Phi) is 4.07. The van der Waals surface area contributed by atoms with E-state index in [0.717, 1.165) is 5.56 Å². The number of halogens is 3. The van der Waals surface area contributed by atoms with Crippen LogP contribution in [-0.2, 0) is 6.54 Å². The Morgan fingerprint density at radius 2 is 2.22 bits per heavy atom. The van der Waals surface area contributed by atoms with Crippen molar-refractivity contribution < 1.29 is 17.9 Å². The zero-order valence-electron chi connectivity index (χ0n) is 9.88. The second kappa shape index (κ2) is 5.40. The summed E-state index contributed by atoms with van der Waals surface area (Å²) in [6, 6.07) is 4.47. The summed E-state index contributed by atoms with van der Waals surface area (Å²) < 4.78 is 46.9. The third-order valence-corrected chi connectivity index (χ3v) is 3.24. The lowest BCUT2D eigenvalue weighted by atomic mass is 10.2. The van der Waals surface area contributed by atoms with Gasteiger partial charge in [0.2, 0.25) is 0 Å². The molecule has 0 spiro atoms. The second-order valence-corrected chi connectivity index (χ2v) is 4.96. The van der Waals surface area contributed by atoms with E-state index in [4.69, 9.17) is 4.74 Å². The summed E-state index contributed by atoms with van der Waals surface area (Å²) in [4.78, 5) is 0. The fourth-order valence-corrected chi connectivity index (χ4v) is 1.88. The molecule has 1 saturated carbocycles. The Balaban J connectivity index is 1.94. The lowest BCUT2D eigenvalue weighted by molar-refractivity contribution is 0.0850. The number of nitrogens with one attached hydrogen (secondary N) is 1. The Morgan fingerprint density at radius 1 is 1.50 bits per heavy atom. The highest BCUT2D eigenvalue weighted by Crippen LogP contribution is 2.48. The molecular formula is C12H14F3NOS. The van der Waals surface area contributed by atoms with Crippen LogP contribution in [0.1, 0.15) is 12.0 Å². The molecule has 1 unspecified atom stereocenters. The average molecular weight is 277 g/mol. The van der Waals surface area contributed by atoms with E-state index in [-0.39, 0.29) is 18.8 Å². The van der Waals surface area contributed by atoms with Crippen molar-refractivity contribution in [3.63, 3.8) is 0 Å². The maximum Gasteiger partial charge on any atom is 0.255 e. The maximum atomic E-state index is 13.4. The Labute approximate surface area is 108 Å². The molecule has 1 aliphatic carbocycles.